The molecule has 148 valence electrons. The zero-order chi connectivity index (χ0) is 20.7. The Bertz CT molecular complexity index is 840. The molecule has 0 radical (unpaired) electrons. The molecule has 0 aliphatic carbocycles. The van der Waals surface area contributed by atoms with Crippen LogP contribution in [0.25, 0.3) is 0 Å². The monoisotopic (exact) mass is 420 g/mol. The van der Waals surface area contributed by atoms with Crippen LogP contribution in [-0.2, 0) is 19.1 Å². The molecule has 0 saturated carbocycles. The molecule has 0 bridgehead atoms. The van der Waals surface area contributed by atoms with Crippen LogP contribution in [0.1, 0.15) is 20.8 Å². The Balaban J connectivity index is 1.85. The summed E-state index contributed by atoms with van der Waals surface area (Å²) in [7, 11) is 0. The van der Waals surface area contributed by atoms with Crippen LogP contribution in [0, 0.1) is 0 Å². The van der Waals surface area contributed by atoms with Crippen LogP contribution in [0.4, 0.5) is 11.4 Å². The van der Waals surface area contributed by atoms with Gasteiger partial charge in [-0.3, -0.25) is 14.4 Å². The topological polar surface area (TPSA) is 84.5 Å². The van der Waals surface area contributed by atoms with Crippen LogP contribution in [0.15, 0.2) is 53.4 Å². The first-order chi connectivity index (χ1) is 13.2. The van der Waals surface area contributed by atoms with E-state index in [9.17, 15) is 14.4 Å². The largest absolute Gasteiger partial charge is 0.452 e. The van der Waals surface area contributed by atoms with Gasteiger partial charge in [-0.1, -0.05) is 11.6 Å². The van der Waals surface area contributed by atoms with Crippen molar-refractivity contribution in [1.29, 1.82) is 0 Å². The van der Waals surface area contributed by atoms with Crippen molar-refractivity contribution in [3.8, 4) is 0 Å². The van der Waals surface area contributed by atoms with E-state index in [1.807, 2.05) is 12.1 Å². The first-order valence-corrected chi connectivity index (χ1v) is 9.81. The lowest BCUT2D eigenvalue weighted by Gasteiger charge is -2.16. The SMILES string of the molecule is CC(=O)Nc1ccc(NC(=O)[C@H](C)OC(=O)[C@@H](C)Sc2ccc(Cl)cc2)cc1. The molecule has 2 rings (SSSR count). The molecule has 28 heavy (non-hydrogen) atoms. The Morgan fingerprint density at radius 1 is 0.929 bits per heavy atom. The van der Waals surface area contributed by atoms with Gasteiger partial charge in [0.2, 0.25) is 5.91 Å². The minimum Gasteiger partial charge on any atom is -0.452 e. The number of carbonyl (C=O) groups is 3. The molecule has 6 nitrogen and oxygen atoms in total. The standard InChI is InChI=1S/C20H21ClN2O4S/c1-12(19(25)23-17-8-6-16(7-9-17)22-14(3)24)27-20(26)13(2)28-18-10-4-15(21)5-11-18/h4-13H,1-3H3,(H,22,24)(H,23,25)/t12-,13+/m0/s1. The van der Waals surface area contributed by atoms with Crippen molar-refractivity contribution in [2.75, 3.05) is 10.6 Å². The quantitative estimate of drug-likeness (QED) is 0.513. The number of hydrogen-bond donors (Lipinski definition) is 2. The fourth-order valence-electron chi connectivity index (χ4n) is 2.17. The number of hydrogen-bond acceptors (Lipinski definition) is 5. The summed E-state index contributed by atoms with van der Waals surface area (Å²) < 4.78 is 5.26. The molecule has 2 atom stereocenters. The van der Waals surface area contributed by atoms with E-state index in [1.54, 1.807) is 43.3 Å². The van der Waals surface area contributed by atoms with Crippen LogP contribution >= 0.6 is 23.4 Å². The molecule has 2 amide bonds. The van der Waals surface area contributed by atoms with Crippen LogP contribution in [0.3, 0.4) is 0 Å². The second-order valence-corrected chi connectivity index (χ2v) is 7.89. The van der Waals surface area contributed by atoms with Gasteiger partial charge in [0.15, 0.2) is 6.10 Å². The molecular formula is C20H21ClN2O4S. The minimum absolute atomic E-state index is 0.178. The Labute approximate surface area is 173 Å². The summed E-state index contributed by atoms with van der Waals surface area (Å²) in [5, 5.41) is 5.45. The third-order valence-corrected chi connectivity index (χ3v) is 4.94. The van der Waals surface area contributed by atoms with Crippen molar-refractivity contribution in [3.05, 3.63) is 53.6 Å². The Hall–Kier alpha value is -2.51. The van der Waals surface area contributed by atoms with E-state index in [-0.39, 0.29) is 5.91 Å². The summed E-state index contributed by atoms with van der Waals surface area (Å²) >= 11 is 7.17. The minimum atomic E-state index is -0.948. The van der Waals surface area contributed by atoms with Gasteiger partial charge in [-0.2, -0.15) is 0 Å². The van der Waals surface area contributed by atoms with Crippen molar-refractivity contribution >= 4 is 52.5 Å². The van der Waals surface area contributed by atoms with Crippen molar-refractivity contribution in [2.45, 2.75) is 37.0 Å². The predicted molar refractivity (Wildman–Crippen MR) is 112 cm³/mol. The number of carbonyl (C=O) groups excluding carboxylic acids is 3. The molecular weight excluding hydrogens is 400 g/mol. The van der Waals surface area contributed by atoms with Gasteiger partial charge in [0.25, 0.3) is 5.91 Å². The molecule has 2 aromatic carbocycles. The molecule has 0 heterocycles. The third kappa shape index (κ3) is 6.90. The van der Waals surface area contributed by atoms with Gasteiger partial charge in [0.1, 0.15) is 5.25 Å². The molecule has 0 saturated heterocycles. The normalized spacial score (nSPS) is 12.6. The average molecular weight is 421 g/mol. The van der Waals surface area contributed by atoms with Crippen LogP contribution in [-0.4, -0.2) is 29.1 Å². The van der Waals surface area contributed by atoms with Crippen LogP contribution in [0.5, 0.6) is 0 Å². The van der Waals surface area contributed by atoms with Crippen LogP contribution in [0.2, 0.25) is 5.02 Å². The lowest BCUT2D eigenvalue weighted by atomic mass is 10.2. The third-order valence-electron chi connectivity index (χ3n) is 3.59. The van der Waals surface area contributed by atoms with E-state index in [2.05, 4.69) is 10.6 Å². The summed E-state index contributed by atoms with van der Waals surface area (Å²) in [6.07, 6.45) is -0.948. The highest BCUT2D eigenvalue weighted by atomic mass is 35.5. The maximum absolute atomic E-state index is 12.2. The van der Waals surface area contributed by atoms with E-state index in [4.69, 9.17) is 16.3 Å². The number of esters is 1. The van der Waals surface area contributed by atoms with Gasteiger partial charge in [0.05, 0.1) is 0 Å². The summed E-state index contributed by atoms with van der Waals surface area (Å²) in [5.41, 5.74) is 1.16. The molecule has 0 aliphatic heterocycles. The van der Waals surface area contributed by atoms with Crippen molar-refractivity contribution in [1.82, 2.24) is 0 Å². The fraction of sp³-hybridized carbons (Fsp3) is 0.250. The number of rotatable bonds is 7. The van der Waals surface area contributed by atoms with Gasteiger partial charge in [0, 0.05) is 28.2 Å². The van der Waals surface area contributed by atoms with E-state index in [0.29, 0.717) is 16.4 Å². The maximum atomic E-state index is 12.2. The molecule has 2 N–H and O–H groups in total. The first kappa shape index (κ1) is 21.8. The zero-order valence-corrected chi connectivity index (χ0v) is 17.3. The number of ether oxygens (including phenoxy) is 1. The van der Waals surface area contributed by atoms with Gasteiger partial charge < -0.3 is 15.4 Å². The van der Waals surface area contributed by atoms with E-state index < -0.39 is 23.2 Å². The van der Waals surface area contributed by atoms with E-state index in [0.717, 1.165) is 4.90 Å². The molecule has 0 spiro atoms. The van der Waals surface area contributed by atoms with Gasteiger partial charge in [-0.15, -0.1) is 11.8 Å². The number of thioether (sulfide) groups is 1. The second kappa shape index (κ2) is 10.1. The Morgan fingerprint density at radius 3 is 2.00 bits per heavy atom. The number of halogens is 1. The lowest BCUT2D eigenvalue weighted by molar-refractivity contribution is -0.152. The van der Waals surface area contributed by atoms with Crippen molar-refractivity contribution in [3.63, 3.8) is 0 Å². The average Bonchev–Trinajstić information content (AvgIpc) is 2.64. The highest BCUT2D eigenvalue weighted by Crippen LogP contribution is 2.25. The van der Waals surface area contributed by atoms with E-state index in [1.165, 1.54) is 25.6 Å². The lowest BCUT2D eigenvalue weighted by Crippen LogP contribution is -2.32. The fourth-order valence-corrected chi connectivity index (χ4v) is 3.15. The van der Waals surface area contributed by atoms with Gasteiger partial charge in [-0.05, 0) is 62.4 Å². The van der Waals surface area contributed by atoms with Crippen LogP contribution < -0.4 is 10.6 Å². The van der Waals surface area contributed by atoms with E-state index >= 15 is 0 Å². The number of nitrogens with one attached hydrogen (secondary N) is 2. The summed E-state index contributed by atoms with van der Waals surface area (Å²) in [6.45, 7) is 4.64. The number of anilines is 2. The predicted octanol–water partition coefficient (Wildman–Crippen LogP) is 4.35. The molecule has 0 aliphatic rings. The Morgan fingerprint density at radius 2 is 1.46 bits per heavy atom. The summed E-state index contributed by atoms with van der Waals surface area (Å²) in [4.78, 5) is 36.4. The zero-order valence-electron chi connectivity index (χ0n) is 15.7. The molecule has 8 heteroatoms. The maximum Gasteiger partial charge on any atom is 0.319 e. The highest BCUT2D eigenvalue weighted by molar-refractivity contribution is 8.00. The van der Waals surface area contributed by atoms with Gasteiger partial charge in [-0.25, -0.2) is 0 Å². The van der Waals surface area contributed by atoms with Crippen molar-refractivity contribution in [2.24, 2.45) is 0 Å². The molecule has 0 unspecified atom stereocenters. The first-order valence-electron chi connectivity index (χ1n) is 8.56. The number of amides is 2. The van der Waals surface area contributed by atoms with Gasteiger partial charge >= 0.3 is 5.97 Å². The summed E-state index contributed by atoms with van der Waals surface area (Å²) in [5.74, 6) is -1.10. The Kier molecular flexibility index (Phi) is 7.90. The van der Waals surface area contributed by atoms with Crippen molar-refractivity contribution < 1.29 is 19.1 Å². The molecule has 0 aromatic heterocycles. The number of benzene rings is 2. The molecule has 0 fully saturated rings. The highest BCUT2D eigenvalue weighted by Gasteiger charge is 2.22. The summed E-state index contributed by atoms with van der Waals surface area (Å²) in [6, 6.07) is 13.8. The molecule has 2 aromatic rings. The second-order valence-electron chi connectivity index (χ2n) is 6.04. The smallest absolute Gasteiger partial charge is 0.319 e.